The number of carboxylic acids is 1. The van der Waals surface area contributed by atoms with Crippen LogP contribution >= 0.6 is 11.8 Å². The van der Waals surface area contributed by atoms with Gasteiger partial charge < -0.3 is 5.11 Å². The van der Waals surface area contributed by atoms with Gasteiger partial charge in [-0.1, -0.05) is 73.8 Å². The van der Waals surface area contributed by atoms with Crippen molar-refractivity contribution in [2.24, 2.45) is 0 Å². The molecular weight excluding hydrogens is 328 g/mol. The van der Waals surface area contributed by atoms with E-state index >= 15 is 0 Å². The zero-order valence-corrected chi connectivity index (χ0v) is 18.1. The largest absolute Gasteiger partial charge is 0.480 e. The van der Waals surface area contributed by atoms with E-state index in [9.17, 15) is 9.90 Å². The third kappa shape index (κ3) is 6.36. The molecule has 142 valence electrons. The molecule has 0 aliphatic rings. The monoisotopic (exact) mass is 364 g/mol. The Morgan fingerprint density at radius 3 is 1.76 bits per heavy atom. The number of benzene rings is 1. The van der Waals surface area contributed by atoms with Gasteiger partial charge in [0.1, 0.15) is 4.75 Å². The first kappa shape index (κ1) is 22.1. The average Bonchev–Trinajstić information content (AvgIpc) is 2.45. The van der Waals surface area contributed by atoms with E-state index in [1.165, 1.54) is 22.9 Å². The van der Waals surface area contributed by atoms with Gasteiger partial charge in [-0.05, 0) is 47.4 Å². The number of carboxylic acid groups (broad SMARTS) is 1. The lowest BCUT2D eigenvalue weighted by atomic mass is 9.81. The predicted molar refractivity (Wildman–Crippen MR) is 110 cm³/mol. The molecule has 25 heavy (non-hydrogen) atoms. The fraction of sp³-hybridized carbons (Fsp3) is 0.682. The zero-order chi connectivity index (χ0) is 19.5. The van der Waals surface area contributed by atoms with Gasteiger partial charge in [0.25, 0.3) is 0 Å². The second-order valence-corrected chi connectivity index (χ2v) is 10.9. The summed E-state index contributed by atoms with van der Waals surface area (Å²) in [6.45, 7) is 17.3. The normalized spacial score (nSPS) is 15.0. The van der Waals surface area contributed by atoms with Crippen molar-refractivity contribution in [2.45, 2.75) is 102 Å². The van der Waals surface area contributed by atoms with Crippen LogP contribution in [0.4, 0.5) is 0 Å². The van der Waals surface area contributed by atoms with Crippen LogP contribution in [0, 0.1) is 0 Å². The highest BCUT2D eigenvalue weighted by atomic mass is 32.2. The van der Waals surface area contributed by atoms with Crippen molar-refractivity contribution in [2.75, 3.05) is 0 Å². The highest BCUT2D eigenvalue weighted by Crippen LogP contribution is 2.41. The molecule has 0 radical (unpaired) electrons. The van der Waals surface area contributed by atoms with E-state index in [4.69, 9.17) is 0 Å². The van der Waals surface area contributed by atoms with Crippen molar-refractivity contribution in [3.05, 3.63) is 29.3 Å². The molecule has 1 rings (SSSR count). The van der Waals surface area contributed by atoms with Crippen molar-refractivity contribution >= 4 is 17.7 Å². The van der Waals surface area contributed by atoms with Crippen molar-refractivity contribution < 1.29 is 9.90 Å². The van der Waals surface area contributed by atoms with Gasteiger partial charge in [0.15, 0.2) is 0 Å². The second kappa shape index (κ2) is 8.16. The molecule has 0 amide bonds. The molecule has 0 saturated heterocycles. The summed E-state index contributed by atoms with van der Waals surface area (Å²) in [5, 5.41) is 9.83. The van der Waals surface area contributed by atoms with Gasteiger partial charge in [-0.3, -0.25) is 4.79 Å². The lowest BCUT2D eigenvalue weighted by Crippen LogP contribution is -2.31. The standard InChI is InChI=1S/C22H36O2S/c1-9-10-11-12-22(8,19(23)24)25-18-14-16(20(2,3)4)13-17(15-18)21(5,6)7/h13-15H,9-12H2,1-8H3,(H,23,24). The minimum absolute atomic E-state index is 0.0401. The number of rotatable bonds is 7. The summed E-state index contributed by atoms with van der Waals surface area (Å²) in [4.78, 5) is 13.0. The minimum Gasteiger partial charge on any atom is -0.480 e. The number of hydrogen-bond donors (Lipinski definition) is 1. The molecule has 3 heteroatoms. The van der Waals surface area contributed by atoms with E-state index in [1.807, 2.05) is 6.92 Å². The van der Waals surface area contributed by atoms with E-state index in [0.717, 1.165) is 24.2 Å². The van der Waals surface area contributed by atoms with E-state index < -0.39 is 10.7 Å². The molecular formula is C22H36O2S. The Morgan fingerprint density at radius 1 is 0.920 bits per heavy atom. The van der Waals surface area contributed by atoms with Crippen LogP contribution in [0.5, 0.6) is 0 Å². The van der Waals surface area contributed by atoms with Crippen LogP contribution in [0.3, 0.4) is 0 Å². The van der Waals surface area contributed by atoms with Crippen molar-refractivity contribution in [3.8, 4) is 0 Å². The van der Waals surface area contributed by atoms with E-state index in [-0.39, 0.29) is 10.8 Å². The quantitative estimate of drug-likeness (QED) is 0.427. The molecule has 1 N–H and O–H groups in total. The molecule has 0 spiro atoms. The Morgan fingerprint density at radius 2 is 1.40 bits per heavy atom. The average molecular weight is 365 g/mol. The summed E-state index contributed by atoms with van der Waals surface area (Å²) < 4.78 is -0.777. The fourth-order valence-corrected chi connectivity index (χ4v) is 3.92. The number of carbonyl (C=O) groups is 1. The molecule has 1 aromatic carbocycles. The summed E-state index contributed by atoms with van der Waals surface area (Å²) in [6.07, 6.45) is 3.84. The Kier molecular flexibility index (Phi) is 7.21. The topological polar surface area (TPSA) is 37.3 Å². The van der Waals surface area contributed by atoms with Crippen molar-refractivity contribution in [3.63, 3.8) is 0 Å². The molecule has 0 heterocycles. The maximum atomic E-state index is 12.0. The van der Waals surface area contributed by atoms with Crippen molar-refractivity contribution in [1.82, 2.24) is 0 Å². The summed E-state index contributed by atoms with van der Waals surface area (Å²) in [5.41, 5.74) is 2.61. The van der Waals surface area contributed by atoms with Gasteiger partial charge in [-0.25, -0.2) is 0 Å². The maximum absolute atomic E-state index is 12.0. The van der Waals surface area contributed by atoms with Gasteiger partial charge in [-0.15, -0.1) is 11.8 Å². The number of thioether (sulfide) groups is 1. The molecule has 1 atom stereocenters. The smallest absolute Gasteiger partial charge is 0.319 e. The maximum Gasteiger partial charge on any atom is 0.319 e. The van der Waals surface area contributed by atoms with Crippen LogP contribution in [0.25, 0.3) is 0 Å². The molecule has 1 aromatic rings. The van der Waals surface area contributed by atoms with Crippen LogP contribution in [-0.2, 0) is 15.6 Å². The van der Waals surface area contributed by atoms with Gasteiger partial charge >= 0.3 is 5.97 Å². The molecule has 2 nitrogen and oxygen atoms in total. The van der Waals surface area contributed by atoms with Crippen LogP contribution in [0.15, 0.2) is 23.1 Å². The molecule has 0 fully saturated rings. The predicted octanol–water partition coefficient (Wildman–Crippen LogP) is 6.80. The van der Waals surface area contributed by atoms with E-state index in [1.54, 1.807) is 0 Å². The third-order valence-corrected chi connectivity index (χ3v) is 5.99. The number of aliphatic carboxylic acids is 1. The lowest BCUT2D eigenvalue weighted by Gasteiger charge is -2.29. The first-order valence-corrected chi connectivity index (χ1v) is 10.2. The van der Waals surface area contributed by atoms with Gasteiger partial charge in [0.2, 0.25) is 0 Å². The second-order valence-electron chi connectivity index (χ2n) is 9.34. The summed E-state index contributed by atoms with van der Waals surface area (Å²) in [6, 6.07) is 6.64. The van der Waals surface area contributed by atoms with E-state index in [0.29, 0.717) is 6.42 Å². The van der Waals surface area contributed by atoms with Gasteiger partial charge in [0.05, 0.1) is 0 Å². The van der Waals surface area contributed by atoms with Crippen molar-refractivity contribution in [1.29, 1.82) is 0 Å². The third-order valence-electron chi connectivity index (χ3n) is 4.69. The minimum atomic E-state index is -0.777. The Hall–Kier alpha value is -0.960. The first-order valence-electron chi connectivity index (χ1n) is 9.38. The molecule has 0 aliphatic heterocycles. The Balaban J connectivity index is 3.27. The zero-order valence-electron chi connectivity index (χ0n) is 17.3. The Bertz CT molecular complexity index is 561. The van der Waals surface area contributed by atoms with Crippen LogP contribution in [0.2, 0.25) is 0 Å². The molecule has 0 bridgehead atoms. The fourth-order valence-electron chi connectivity index (χ4n) is 2.70. The molecule has 0 saturated carbocycles. The molecule has 0 aromatic heterocycles. The van der Waals surface area contributed by atoms with Crippen LogP contribution in [-0.4, -0.2) is 15.8 Å². The lowest BCUT2D eigenvalue weighted by molar-refractivity contribution is -0.139. The molecule has 1 unspecified atom stereocenters. The molecule has 0 aliphatic carbocycles. The highest BCUT2D eigenvalue weighted by molar-refractivity contribution is 8.01. The van der Waals surface area contributed by atoms with Gasteiger partial charge in [-0.2, -0.15) is 0 Å². The number of hydrogen-bond acceptors (Lipinski definition) is 2. The van der Waals surface area contributed by atoms with Crippen LogP contribution in [0.1, 0.15) is 92.2 Å². The highest BCUT2D eigenvalue weighted by Gasteiger charge is 2.34. The summed E-state index contributed by atoms with van der Waals surface area (Å²) in [5.74, 6) is -0.716. The first-order chi connectivity index (χ1) is 11.3. The summed E-state index contributed by atoms with van der Waals surface area (Å²) in [7, 11) is 0. The van der Waals surface area contributed by atoms with Gasteiger partial charge in [0, 0.05) is 4.90 Å². The van der Waals surface area contributed by atoms with Crippen LogP contribution < -0.4 is 0 Å². The summed E-state index contributed by atoms with van der Waals surface area (Å²) >= 11 is 1.51. The number of unbranched alkanes of at least 4 members (excludes halogenated alkanes) is 2. The van der Waals surface area contributed by atoms with E-state index in [2.05, 4.69) is 66.7 Å². The Labute approximate surface area is 158 Å². The SMILES string of the molecule is CCCCCC(C)(Sc1cc(C(C)(C)C)cc(C(C)(C)C)c1)C(=O)O.